The Morgan fingerprint density at radius 2 is 0.516 bits per heavy atom. The van der Waals surface area contributed by atoms with Crippen LogP contribution in [0.1, 0.15) is 187 Å². The Balaban J connectivity index is 3.10. The van der Waals surface area contributed by atoms with Crippen molar-refractivity contribution in [3.8, 4) is 0 Å². The van der Waals surface area contributed by atoms with E-state index in [1.165, 1.54) is 161 Å². The summed E-state index contributed by atoms with van der Waals surface area (Å²) < 4.78 is 0. The fourth-order valence-electron chi connectivity index (χ4n) is 4.76. The van der Waals surface area contributed by atoms with Crippen molar-refractivity contribution in [3.05, 3.63) is 0 Å². The van der Waals surface area contributed by atoms with Crippen LogP contribution in [0, 0.1) is 0 Å². The quantitative estimate of drug-likeness (QED) is 0.126. The topological polar surface area (TPSA) is 20.2 Å². The van der Waals surface area contributed by atoms with Crippen LogP contribution in [0.5, 0.6) is 0 Å². The van der Waals surface area contributed by atoms with Crippen LogP contribution in [0.4, 0.5) is 0 Å². The zero-order chi connectivity index (χ0) is 22.7. The molecule has 1 N–H and O–H groups in total. The molecule has 0 saturated heterocycles. The van der Waals surface area contributed by atoms with Crippen molar-refractivity contribution in [2.75, 3.05) is 0 Å². The second-order valence-corrected chi connectivity index (χ2v) is 10.4. The van der Waals surface area contributed by atoms with Gasteiger partial charge in [0.05, 0.1) is 6.10 Å². The molecule has 0 aromatic carbocycles. The highest BCUT2D eigenvalue weighted by atomic mass is 16.3. The molecule has 1 unspecified atom stereocenters. The van der Waals surface area contributed by atoms with Crippen LogP contribution in [0.2, 0.25) is 0 Å². The highest BCUT2D eigenvalue weighted by Gasteiger charge is 2.03. The van der Waals surface area contributed by atoms with Gasteiger partial charge in [0.1, 0.15) is 0 Å². The van der Waals surface area contributed by atoms with Gasteiger partial charge in [0, 0.05) is 0 Å². The van der Waals surface area contributed by atoms with Crippen LogP contribution in [-0.2, 0) is 0 Å². The third kappa shape index (κ3) is 27.9. The lowest BCUT2D eigenvalue weighted by Crippen LogP contribution is -2.05. The molecule has 0 rings (SSSR count). The molecule has 0 fully saturated rings. The van der Waals surface area contributed by atoms with E-state index in [-0.39, 0.29) is 6.10 Å². The first-order valence-corrected chi connectivity index (χ1v) is 15.0. The zero-order valence-electron chi connectivity index (χ0n) is 22.1. The summed E-state index contributed by atoms with van der Waals surface area (Å²) >= 11 is 0. The van der Waals surface area contributed by atoms with Gasteiger partial charge in [-0.1, -0.05) is 174 Å². The van der Waals surface area contributed by atoms with Gasteiger partial charge in [-0.25, -0.2) is 0 Å². The average Bonchev–Trinajstić information content (AvgIpc) is 2.77. The lowest BCUT2D eigenvalue weighted by Gasteiger charge is -2.10. The number of hydrogen-bond donors (Lipinski definition) is 1. The van der Waals surface area contributed by atoms with Gasteiger partial charge in [0.2, 0.25) is 0 Å². The van der Waals surface area contributed by atoms with Crippen molar-refractivity contribution in [1.29, 1.82) is 0 Å². The molecule has 0 aliphatic rings. The molecule has 0 radical (unpaired) electrons. The van der Waals surface area contributed by atoms with Crippen molar-refractivity contribution < 1.29 is 5.11 Å². The van der Waals surface area contributed by atoms with E-state index < -0.39 is 0 Å². The molecule has 0 aromatic heterocycles. The molecule has 31 heavy (non-hydrogen) atoms. The lowest BCUT2D eigenvalue weighted by atomic mass is 10.0. The molecule has 1 heteroatoms. The molecular formula is C30H62O. The van der Waals surface area contributed by atoms with Gasteiger partial charge in [-0.3, -0.25) is 0 Å². The molecule has 0 bridgehead atoms. The smallest absolute Gasteiger partial charge is 0.0540 e. The standard InChI is InChI=1S/C30H62O/c1-3-5-7-9-11-12-13-14-15-16-17-18-19-20-21-23-25-27-29-30(31)28-26-24-22-10-8-6-4-2/h30-31H,3-29H2,1-2H3. The van der Waals surface area contributed by atoms with Gasteiger partial charge in [-0.2, -0.15) is 0 Å². The van der Waals surface area contributed by atoms with E-state index in [1.807, 2.05) is 0 Å². The van der Waals surface area contributed by atoms with E-state index >= 15 is 0 Å². The van der Waals surface area contributed by atoms with Gasteiger partial charge in [-0.15, -0.1) is 0 Å². The lowest BCUT2D eigenvalue weighted by molar-refractivity contribution is 0.147. The maximum Gasteiger partial charge on any atom is 0.0540 e. The SMILES string of the molecule is CCCCCCCCCCCCCCCCCCCCC(O)CCCCCCCCC. The minimum absolute atomic E-state index is 0.0308. The molecule has 1 atom stereocenters. The second kappa shape index (κ2) is 28.0. The Bertz CT molecular complexity index is 301. The van der Waals surface area contributed by atoms with Crippen LogP contribution in [0.25, 0.3) is 0 Å². The van der Waals surface area contributed by atoms with Gasteiger partial charge in [-0.05, 0) is 12.8 Å². The summed E-state index contributed by atoms with van der Waals surface area (Å²) in [6.45, 7) is 4.57. The number of aliphatic hydroxyl groups is 1. The van der Waals surface area contributed by atoms with Crippen molar-refractivity contribution in [1.82, 2.24) is 0 Å². The largest absolute Gasteiger partial charge is 0.393 e. The maximum atomic E-state index is 10.1. The zero-order valence-corrected chi connectivity index (χ0v) is 22.1. The van der Waals surface area contributed by atoms with Gasteiger partial charge < -0.3 is 5.11 Å². The molecule has 0 saturated carbocycles. The normalized spacial score (nSPS) is 12.5. The van der Waals surface area contributed by atoms with E-state index in [1.54, 1.807) is 0 Å². The highest BCUT2D eigenvalue weighted by molar-refractivity contribution is 4.58. The molecule has 0 aromatic rings. The van der Waals surface area contributed by atoms with Crippen molar-refractivity contribution >= 4 is 0 Å². The van der Waals surface area contributed by atoms with E-state index in [9.17, 15) is 5.11 Å². The molecule has 0 heterocycles. The van der Waals surface area contributed by atoms with Gasteiger partial charge in [0.25, 0.3) is 0 Å². The van der Waals surface area contributed by atoms with Crippen molar-refractivity contribution in [2.45, 2.75) is 193 Å². The second-order valence-electron chi connectivity index (χ2n) is 10.4. The molecule has 1 nitrogen and oxygen atoms in total. The number of hydrogen-bond acceptors (Lipinski definition) is 1. The van der Waals surface area contributed by atoms with Crippen LogP contribution in [-0.4, -0.2) is 11.2 Å². The van der Waals surface area contributed by atoms with Gasteiger partial charge >= 0.3 is 0 Å². The summed E-state index contributed by atoms with van der Waals surface area (Å²) in [4.78, 5) is 0. The van der Waals surface area contributed by atoms with E-state index in [2.05, 4.69) is 13.8 Å². The predicted molar refractivity (Wildman–Crippen MR) is 142 cm³/mol. The fraction of sp³-hybridized carbons (Fsp3) is 1.00. The third-order valence-electron chi connectivity index (χ3n) is 7.03. The minimum atomic E-state index is -0.0308. The van der Waals surface area contributed by atoms with Crippen molar-refractivity contribution in [3.63, 3.8) is 0 Å². The number of unbranched alkanes of at least 4 members (excludes halogenated alkanes) is 23. The van der Waals surface area contributed by atoms with Crippen LogP contribution < -0.4 is 0 Å². The monoisotopic (exact) mass is 438 g/mol. The number of aliphatic hydroxyl groups excluding tert-OH is 1. The highest BCUT2D eigenvalue weighted by Crippen LogP contribution is 2.16. The first-order chi connectivity index (χ1) is 15.3. The summed E-state index contributed by atoms with van der Waals surface area (Å²) in [5, 5.41) is 10.1. The first kappa shape index (κ1) is 31.0. The molecule has 0 aliphatic carbocycles. The van der Waals surface area contributed by atoms with Crippen LogP contribution >= 0.6 is 0 Å². The van der Waals surface area contributed by atoms with E-state index in [0.717, 1.165) is 12.8 Å². The fourth-order valence-corrected chi connectivity index (χ4v) is 4.76. The summed E-state index contributed by atoms with van der Waals surface area (Å²) in [6.07, 6.45) is 37.1. The van der Waals surface area contributed by atoms with Gasteiger partial charge in [0.15, 0.2) is 0 Å². The van der Waals surface area contributed by atoms with E-state index in [4.69, 9.17) is 0 Å². The molecule has 0 aliphatic heterocycles. The Labute approximate surface area is 198 Å². The third-order valence-corrected chi connectivity index (χ3v) is 7.03. The maximum absolute atomic E-state index is 10.1. The summed E-state index contributed by atoms with van der Waals surface area (Å²) in [7, 11) is 0. The first-order valence-electron chi connectivity index (χ1n) is 15.0. The summed E-state index contributed by atoms with van der Waals surface area (Å²) in [5.41, 5.74) is 0. The molecule has 0 amide bonds. The Hall–Kier alpha value is -0.0400. The molecular weight excluding hydrogens is 376 g/mol. The van der Waals surface area contributed by atoms with Crippen LogP contribution in [0.3, 0.4) is 0 Å². The Morgan fingerprint density at radius 1 is 0.323 bits per heavy atom. The predicted octanol–water partition coefficient (Wildman–Crippen LogP) is 10.9. The molecule has 0 spiro atoms. The molecule has 188 valence electrons. The van der Waals surface area contributed by atoms with E-state index in [0.29, 0.717) is 0 Å². The summed E-state index contributed by atoms with van der Waals surface area (Å²) in [6, 6.07) is 0. The minimum Gasteiger partial charge on any atom is -0.393 e. The summed E-state index contributed by atoms with van der Waals surface area (Å²) in [5.74, 6) is 0. The van der Waals surface area contributed by atoms with Crippen molar-refractivity contribution in [2.24, 2.45) is 0 Å². The Morgan fingerprint density at radius 3 is 0.742 bits per heavy atom. The van der Waals surface area contributed by atoms with Crippen LogP contribution in [0.15, 0.2) is 0 Å². The Kier molecular flexibility index (Phi) is 28.0. The number of rotatable bonds is 27. The average molecular weight is 439 g/mol.